The van der Waals surface area contributed by atoms with Crippen LogP contribution < -0.4 is 4.90 Å². The van der Waals surface area contributed by atoms with Gasteiger partial charge in [0.05, 0.1) is 19.4 Å². The quantitative estimate of drug-likeness (QED) is 0.461. The number of hydrogen-bond donors (Lipinski definition) is 2. The zero-order chi connectivity index (χ0) is 26.9. The van der Waals surface area contributed by atoms with E-state index in [2.05, 4.69) is 52.8 Å². The summed E-state index contributed by atoms with van der Waals surface area (Å²) in [5.41, 5.74) is 1.26. The first-order valence-electron chi connectivity index (χ1n) is 15.1. The molecule has 1 aromatic carbocycles. The van der Waals surface area contributed by atoms with Gasteiger partial charge in [-0.05, 0) is 100 Å². The maximum Gasteiger partial charge on any atom is 0.250 e. The van der Waals surface area contributed by atoms with Crippen molar-refractivity contribution in [1.29, 1.82) is 0 Å². The largest absolute Gasteiger partial charge is 0.394 e. The van der Waals surface area contributed by atoms with Gasteiger partial charge in [0, 0.05) is 31.9 Å². The number of fused-ring (bicyclic) bond motifs is 2. The van der Waals surface area contributed by atoms with Crippen LogP contribution in [0.1, 0.15) is 58.8 Å². The topological polar surface area (TPSA) is 70.5 Å². The molecule has 5 aliphatic rings. The summed E-state index contributed by atoms with van der Waals surface area (Å²) < 4.78 is 0. The van der Waals surface area contributed by atoms with E-state index >= 15 is 0 Å². The highest BCUT2D eigenvalue weighted by Crippen LogP contribution is 2.62. The molecule has 3 saturated carbocycles. The fourth-order valence-corrected chi connectivity index (χ4v) is 8.22. The average molecular weight is 527 g/mol. The van der Waals surface area contributed by atoms with E-state index in [4.69, 9.17) is 5.11 Å². The van der Waals surface area contributed by atoms with Crippen LogP contribution >= 0.6 is 0 Å². The molecule has 2 saturated heterocycles. The van der Waals surface area contributed by atoms with Gasteiger partial charge in [0.25, 0.3) is 0 Å². The predicted octanol–water partition coefficient (Wildman–Crippen LogP) is 3.26. The number of rotatable bonds is 11. The summed E-state index contributed by atoms with van der Waals surface area (Å²) >= 11 is 0. The van der Waals surface area contributed by atoms with Crippen LogP contribution in [0.4, 0.5) is 5.69 Å². The van der Waals surface area contributed by atoms with Gasteiger partial charge in [0.15, 0.2) is 0 Å². The molecule has 0 radical (unpaired) electrons. The number of carbonyl (C=O) groups excluding carboxylic acids is 1. The van der Waals surface area contributed by atoms with Crippen molar-refractivity contribution >= 4 is 11.6 Å². The standard InChI is InChI=1S/C31H50N4O3/c1-30(2)25-11-10-24(28(30)20-25)12-17-33-18-13-31(14-19-33)29(38)34(16-7-15-32(3)21-27(37)22-36)23-35(31)26-8-5-4-6-9-26/h4-6,8-9,24-25,27-28,36-37H,7,10-23H2,1-3H3. The summed E-state index contributed by atoms with van der Waals surface area (Å²) in [7, 11) is 1.95. The zero-order valence-electron chi connectivity index (χ0n) is 23.9. The van der Waals surface area contributed by atoms with E-state index in [-0.39, 0.29) is 12.5 Å². The zero-order valence-corrected chi connectivity index (χ0v) is 23.9. The maximum atomic E-state index is 14.0. The summed E-state index contributed by atoms with van der Waals surface area (Å²) in [6.45, 7) is 10.5. The highest BCUT2D eigenvalue weighted by Gasteiger charge is 2.55. The van der Waals surface area contributed by atoms with E-state index in [9.17, 15) is 9.90 Å². The third-order valence-corrected chi connectivity index (χ3v) is 10.8. The Labute approximate surface area is 229 Å². The van der Waals surface area contributed by atoms with Gasteiger partial charge in [-0.15, -0.1) is 0 Å². The first-order chi connectivity index (χ1) is 18.2. The Kier molecular flexibility index (Phi) is 8.39. The van der Waals surface area contributed by atoms with Crippen molar-refractivity contribution in [3.63, 3.8) is 0 Å². The SMILES string of the molecule is CN(CCCN1CN(c2ccccc2)C2(CCN(CCC3CCC4CC3C4(C)C)CC2)C1=O)CC(O)CO. The molecule has 2 bridgehead atoms. The van der Waals surface area contributed by atoms with Crippen molar-refractivity contribution in [2.24, 2.45) is 23.2 Å². The molecule has 0 aromatic heterocycles. The monoisotopic (exact) mass is 526 g/mol. The Morgan fingerprint density at radius 2 is 1.84 bits per heavy atom. The number of carbonyl (C=O) groups is 1. The Balaban J connectivity index is 1.18. The van der Waals surface area contributed by atoms with Crippen LogP contribution in [-0.2, 0) is 4.79 Å². The van der Waals surface area contributed by atoms with Crippen molar-refractivity contribution in [2.75, 3.05) is 64.5 Å². The van der Waals surface area contributed by atoms with E-state index in [1.54, 1.807) is 0 Å². The molecule has 38 heavy (non-hydrogen) atoms. The van der Waals surface area contributed by atoms with Crippen molar-refractivity contribution in [3.05, 3.63) is 30.3 Å². The number of likely N-dealkylation sites (tertiary alicyclic amines) is 1. The van der Waals surface area contributed by atoms with Gasteiger partial charge in [-0.25, -0.2) is 0 Å². The van der Waals surface area contributed by atoms with E-state index in [1.807, 2.05) is 18.0 Å². The number of hydrogen-bond acceptors (Lipinski definition) is 6. The molecule has 5 fully saturated rings. The van der Waals surface area contributed by atoms with Gasteiger partial charge in [0.1, 0.15) is 5.54 Å². The number of anilines is 1. The lowest BCUT2D eigenvalue weighted by Gasteiger charge is -2.60. The summed E-state index contributed by atoms with van der Waals surface area (Å²) in [5.74, 6) is 3.05. The second kappa shape index (κ2) is 11.4. The van der Waals surface area contributed by atoms with Crippen LogP contribution in [0.2, 0.25) is 0 Å². The molecule has 4 unspecified atom stereocenters. The number of aliphatic hydroxyl groups is 2. The molecule has 2 N–H and O–H groups in total. The fourth-order valence-electron chi connectivity index (χ4n) is 8.22. The van der Waals surface area contributed by atoms with E-state index in [0.717, 1.165) is 62.3 Å². The number of aliphatic hydroxyl groups excluding tert-OH is 2. The molecule has 4 atom stereocenters. The van der Waals surface area contributed by atoms with Crippen LogP contribution in [0.5, 0.6) is 0 Å². The van der Waals surface area contributed by atoms with Gasteiger partial charge in [0.2, 0.25) is 5.91 Å². The third-order valence-electron chi connectivity index (χ3n) is 10.8. The number of likely N-dealkylation sites (N-methyl/N-ethyl adjacent to an activating group) is 1. The third kappa shape index (κ3) is 5.36. The van der Waals surface area contributed by atoms with Crippen LogP contribution in [0.3, 0.4) is 0 Å². The lowest BCUT2D eigenvalue weighted by molar-refractivity contribution is -0.133. The van der Waals surface area contributed by atoms with Gasteiger partial charge < -0.3 is 29.8 Å². The molecular weight excluding hydrogens is 476 g/mol. The van der Waals surface area contributed by atoms with E-state index in [1.165, 1.54) is 32.2 Å². The molecule has 212 valence electrons. The smallest absolute Gasteiger partial charge is 0.250 e. The normalized spacial score (nSPS) is 29.2. The molecule has 2 aliphatic heterocycles. The van der Waals surface area contributed by atoms with Crippen molar-refractivity contribution in [1.82, 2.24) is 14.7 Å². The lowest BCUT2D eigenvalue weighted by atomic mass is 9.45. The van der Waals surface area contributed by atoms with Crippen LogP contribution in [0, 0.1) is 23.2 Å². The molecule has 1 spiro atoms. The number of piperidine rings is 1. The van der Waals surface area contributed by atoms with E-state index in [0.29, 0.717) is 25.2 Å². The molecule has 1 aromatic rings. The van der Waals surface area contributed by atoms with Crippen molar-refractivity contribution < 1.29 is 15.0 Å². The number of nitrogens with zero attached hydrogens (tertiary/aromatic N) is 4. The second-order valence-electron chi connectivity index (χ2n) is 13.3. The van der Waals surface area contributed by atoms with Gasteiger partial charge in [-0.3, -0.25) is 4.79 Å². The molecular formula is C31H50N4O3. The van der Waals surface area contributed by atoms with Gasteiger partial charge in [-0.1, -0.05) is 32.0 Å². The minimum absolute atomic E-state index is 0.222. The van der Waals surface area contributed by atoms with Gasteiger partial charge in [-0.2, -0.15) is 0 Å². The minimum atomic E-state index is -0.717. The molecule has 2 heterocycles. The minimum Gasteiger partial charge on any atom is -0.394 e. The molecule has 1 amide bonds. The number of para-hydroxylation sites is 1. The summed E-state index contributed by atoms with van der Waals surface area (Å²) in [4.78, 5) is 23.1. The van der Waals surface area contributed by atoms with Crippen LogP contribution in [0.15, 0.2) is 30.3 Å². The summed E-state index contributed by atoms with van der Waals surface area (Å²) in [5, 5.41) is 18.8. The number of amides is 1. The molecule has 3 aliphatic carbocycles. The lowest BCUT2D eigenvalue weighted by Crippen LogP contribution is -2.57. The van der Waals surface area contributed by atoms with Crippen LogP contribution in [0.25, 0.3) is 0 Å². The average Bonchev–Trinajstić information content (AvgIpc) is 3.19. The maximum absolute atomic E-state index is 14.0. The summed E-state index contributed by atoms with van der Waals surface area (Å²) in [6.07, 6.45) is 7.52. The van der Waals surface area contributed by atoms with E-state index < -0.39 is 11.6 Å². The fraction of sp³-hybridized carbons (Fsp3) is 0.774. The van der Waals surface area contributed by atoms with Gasteiger partial charge >= 0.3 is 0 Å². The highest BCUT2D eigenvalue weighted by atomic mass is 16.3. The first kappa shape index (κ1) is 27.9. The van der Waals surface area contributed by atoms with Crippen molar-refractivity contribution in [2.45, 2.75) is 70.4 Å². The van der Waals surface area contributed by atoms with Crippen molar-refractivity contribution in [3.8, 4) is 0 Å². The first-order valence-corrected chi connectivity index (χ1v) is 15.1. The second-order valence-corrected chi connectivity index (χ2v) is 13.3. The predicted molar refractivity (Wildman–Crippen MR) is 152 cm³/mol. The Morgan fingerprint density at radius 3 is 2.50 bits per heavy atom. The Hall–Kier alpha value is -1.67. The molecule has 7 nitrogen and oxygen atoms in total. The Bertz CT molecular complexity index is 930. The van der Waals surface area contributed by atoms with Crippen LogP contribution in [-0.4, -0.2) is 102 Å². The molecule has 7 heteroatoms. The number of benzene rings is 1. The Morgan fingerprint density at radius 1 is 1.11 bits per heavy atom. The summed E-state index contributed by atoms with van der Waals surface area (Å²) in [6, 6.07) is 10.5. The molecule has 6 rings (SSSR count). The highest BCUT2D eigenvalue weighted by molar-refractivity contribution is 5.93.